The Hall–Kier alpha value is -2.05. The van der Waals surface area contributed by atoms with Gasteiger partial charge in [-0.25, -0.2) is 18.4 Å². The number of hydrogen-bond acceptors (Lipinski definition) is 4. The molecule has 134 valence electrons. The van der Waals surface area contributed by atoms with E-state index in [0.717, 1.165) is 17.1 Å². The highest BCUT2D eigenvalue weighted by atomic mass is 19.3. The zero-order chi connectivity index (χ0) is 17.6. The van der Waals surface area contributed by atoms with Crippen LogP contribution in [0.3, 0.4) is 0 Å². The van der Waals surface area contributed by atoms with Gasteiger partial charge in [-0.2, -0.15) is 10.1 Å². The van der Waals surface area contributed by atoms with Crippen LogP contribution in [0.15, 0.2) is 12.1 Å². The van der Waals surface area contributed by atoms with Crippen LogP contribution in [0.25, 0.3) is 5.95 Å². The summed E-state index contributed by atoms with van der Waals surface area (Å²) in [7, 11) is 0. The average Bonchev–Trinajstić information content (AvgIpc) is 3.32. The lowest BCUT2D eigenvalue weighted by molar-refractivity contribution is -0.0361. The molecule has 0 radical (unpaired) electrons. The summed E-state index contributed by atoms with van der Waals surface area (Å²) in [5, 5.41) is 7.96. The van der Waals surface area contributed by atoms with E-state index in [1.807, 2.05) is 19.9 Å². The summed E-state index contributed by atoms with van der Waals surface area (Å²) in [5.74, 6) is -0.726. The van der Waals surface area contributed by atoms with Crippen molar-refractivity contribution in [3.05, 3.63) is 29.2 Å². The van der Waals surface area contributed by atoms with Gasteiger partial charge in [0.05, 0.1) is 5.69 Å². The molecule has 2 saturated carbocycles. The van der Waals surface area contributed by atoms with Crippen LogP contribution in [-0.4, -0.2) is 31.7 Å². The molecule has 7 heteroatoms. The molecule has 0 spiro atoms. The van der Waals surface area contributed by atoms with Crippen LogP contribution in [0.5, 0.6) is 0 Å². The van der Waals surface area contributed by atoms with Crippen molar-refractivity contribution in [2.24, 2.45) is 0 Å². The summed E-state index contributed by atoms with van der Waals surface area (Å²) >= 11 is 0. The van der Waals surface area contributed by atoms with Gasteiger partial charge in [-0.3, -0.25) is 0 Å². The van der Waals surface area contributed by atoms with Crippen LogP contribution < -0.4 is 5.32 Å². The van der Waals surface area contributed by atoms with Crippen LogP contribution in [-0.2, 0) is 0 Å². The first kappa shape index (κ1) is 16.4. The minimum absolute atomic E-state index is 0.0301. The topological polar surface area (TPSA) is 55.6 Å². The number of alkyl halides is 2. The number of rotatable bonds is 4. The quantitative estimate of drug-likeness (QED) is 0.903. The van der Waals surface area contributed by atoms with Crippen LogP contribution >= 0.6 is 0 Å². The second-order valence-corrected chi connectivity index (χ2v) is 7.37. The number of aromatic nitrogens is 4. The van der Waals surface area contributed by atoms with E-state index in [-0.39, 0.29) is 18.9 Å². The maximum absolute atomic E-state index is 13.3. The largest absolute Gasteiger partial charge is 0.367 e. The summed E-state index contributed by atoms with van der Waals surface area (Å²) in [5.41, 5.74) is 2.94. The molecular formula is C18H23F2N5. The molecule has 2 aliphatic rings. The lowest BCUT2D eigenvalue weighted by Gasteiger charge is -2.29. The van der Waals surface area contributed by atoms with E-state index in [0.29, 0.717) is 30.5 Å². The molecular weight excluding hydrogens is 324 g/mol. The monoisotopic (exact) mass is 347 g/mol. The molecule has 5 nitrogen and oxygen atoms in total. The molecule has 25 heavy (non-hydrogen) atoms. The standard InChI is InChI=1S/C18H23F2N5/c1-11-9-16(22-14-5-7-18(19,20)8-6-14)23-17(21-11)25-12(2)10-15(24-25)13-3-4-13/h9-10,13-14H,3-8H2,1-2H3,(H,21,22,23). The molecule has 2 aromatic heterocycles. The Kier molecular flexibility index (Phi) is 3.96. The Morgan fingerprint density at radius 1 is 1.08 bits per heavy atom. The van der Waals surface area contributed by atoms with Gasteiger partial charge in [0.25, 0.3) is 5.95 Å². The van der Waals surface area contributed by atoms with E-state index in [2.05, 4.69) is 26.4 Å². The van der Waals surface area contributed by atoms with Gasteiger partial charge in [-0.15, -0.1) is 0 Å². The van der Waals surface area contributed by atoms with Crippen LogP contribution in [0.4, 0.5) is 14.6 Å². The molecule has 0 aromatic carbocycles. The third-order valence-electron chi connectivity index (χ3n) is 5.00. The van der Waals surface area contributed by atoms with Crippen molar-refractivity contribution in [3.63, 3.8) is 0 Å². The zero-order valence-corrected chi connectivity index (χ0v) is 14.6. The Balaban J connectivity index is 1.54. The fourth-order valence-electron chi connectivity index (χ4n) is 3.39. The molecule has 0 atom stereocenters. The number of halogens is 2. The number of anilines is 1. The smallest absolute Gasteiger partial charge is 0.252 e. The van der Waals surface area contributed by atoms with Crippen molar-refractivity contribution >= 4 is 5.82 Å². The third-order valence-corrected chi connectivity index (χ3v) is 5.00. The highest BCUT2D eigenvalue weighted by Gasteiger charge is 2.35. The molecule has 2 aromatic rings. The van der Waals surface area contributed by atoms with Crippen molar-refractivity contribution in [1.82, 2.24) is 19.7 Å². The lowest BCUT2D eigenvalue weighted by atomic mass is 9.92. The maximum Gasteiger partial charge on any atom is 0.252 e. The van der Waals surface area contributed by atoms with E-state index in [1.165, 1.54) is 12.8 Å². The fourth-order valence-corrected chi connectivity index (χ4v) is 3.39. The first-order valence-electron chi connectivity index (χ1n) is 8.97. The third kappa shape index (κ3) is 3.65. The van der Waals surface area contributed by atoms with Crippen molar-refractivity contribution in [1.29, 1.82) is 0 Å². The number of hydrogen-bond donors (Lipinski definition) is 1. The van der Waals surface area contributed by atoms with Gasteiger partial charge in [0.2, 0.25) is 5.92 Å². The summed E-state index contributed by atoms with van der Waals surface area (Å²) in [6.45, 7) is 3.91. The van der Waals surface area contributed by atoms with Crippen LogP contribution in [0.1, 0.15) is 61.5 Å². The van der Waals surface area contributed by atoms with E-state index >= 15 is 0 Å². The number of nitrogens with zero attached hydrogens (tertiary/aromatic N) is 4. The van der Waals surface area contributed by atoms with E-state index < -0.39 is 5.92 Å². The Labute approximate surface area is 145 Å². The normalized spacial score (nSPS) is 20.6. The molecule has 0 bridgehead atoms. The minimum Gasteiger partial charge on any atom is -0.367 e. The second kappa shape index (κ2) is 6.04. The van der Waals surface area contributed by atoms with Crippen LogP contribution in [0, 0.1) is 13.8 Å². The molecule has 2 aliphatic carbocycles. The molecule has 0 amide bonds. The van der Waals surface area contributed by atoms with E-state index in [1.54, 1.807) is 4.68 Å². The first-order chi connectivity index (χ1) is 11.9. The van der Waals surface area contributed by atoms with Gasteiger partial charge in [0.1, 0.15) is 5.82 Å². The molecule has 0 saturated heterocycles. The number of nitrogens with one attached hydrogen (secondary N) is 1. The van der Waals surface area contributed by atoms with E-state index in [9.17, 15) is 8.78 Å². The molecule has 2 fully saturated rings. The van der Waals surface area contributed by atoms with Gasteiger partial charge < -0.3 is 5.32 Å². The second-order valence-electron chi connectivity index (χ2n) is 7.37. The van der Waals surface area contributed by atoms with Gasteiger partial charge in [-0.1, -0.05) is 0 Å². The molecule has 4 rings (SSSR count). The number of aryl methyl sites for hydroxylation is 2. The molecule has 0 aliphatic heterocycles. The summed E-state index contributed by atoms with van der Waals surface area (Å²) in [4.78, 5) is 9.08. The Bertz CT molecular complexity index is 772. The Morgan fingerprint density at radius 2 is 1.80 bits per heavy atom. The van der Waals surface area contributed by atoms with Gasteiger partial charge in [0, 0.05) is 42.3 Å². The SMILES string of the molecule is Cc1cc(NC2CCC(F)(F)CC2)nc(-n2nc(C3CC3)cc2C)n1. The summed E-state index contributed by atoms with van der Waals surface area (Å²) < 4.78 is 28.4. The van der Waals surface area contributed by atoms with Gasteiger partial charge in [0.15, 0.2) is 0 Å². The fraction of sp³-hybridized carbons (Fsp3) is 0.611. The van der Waals surface area contributed by atoms with Gasteiger partial charge >= 0.3 is 0 Å². The van der Waals surface area contributed by atoms with E-state index in [4.69, 9.17) is 0 Å². The molecule has 2 heterocycles. The van der Waals surface area contributed by atoms with Crippen molar-refractivity contribution < 1.29 is 8.78 Å². The average molecular weight is 347 g/mol. The highest BCUT2D eigenvalue weighted by molar-refractivity contribution is 5.40. The molecule has 1 N–H and O–H groups in total. The van der Waals surface area contributed by atoms with Crippen molar-refractivity contribution in [2.75, 3.05) is 5.32 Å². The minimum atomic E-state index is -2.52. The predicted octanol–water partition coefficient (Wildman–Crippen LogP) is 4.15. The Morgan fingerprint density at radius 3 is 2.48 bits per heavy atom. The molecule has 0 unspecified atom stereocenters. The first-order valence-corrected chi connectivity index (χ1v) is 8.97. The van der Waals surface area contributed by atoms with Crippen LogP contribution in [0.2, 0.25) is 0 Å². The lowest BCUT2D eigenvalue weighted by Crippen LogP contribution is -2.32. The highest BCUT2D eigenvalue weighted by Crippen LogP contribution is 2.39. The van der Waals surface area contributed by atoms with Crippen molar-refractivity contribution in [3.8, 4) is 5.95 Å². The zero-order valence-electron chi connectivity index (χ0n) is 14.6. The van der Waals surface area contributed by atoms with Crippen molar-refractivity contribution in [2.45, 2.75) is 70.3 Å². The predicted molar refractivity (Wildman–Crippen MR) is 91.4 cm³/mol. The van der Waals surface area contributed by atoms with Gasteiger partial charge in [-0.05, 0) is 45.6 Å². The summed E-state index contributed by atoms with van der Waals surface area (Å²) in [6.07, 6.45) is 3.18. The maximum atomic E-state index is 13.3. The summed E-state index contributed by atoms with van der Waals surface area (Å²) in [6, 6.07) is 3.99.